The largest absolute Gasteiger partial charge is 0.497 e. The van der Waals surface area contributed by atoms with E-state index in [1.165, 1.54) is 5.57 Å². The lowest BCUT2D eigenvalue weighted by Gasteiger charge is -2.15. The summed E-state index contributed by atoms with van der Waals surface area (Å²) in [6.45, 7) is 7.51. The highest BCUT2D eigenvalue weighted by Crippen LogP contribution is 2.26. The van der Waals surface area contributed by atoms with E-state index in [0.717, 1.165) is 30.0 Å². The lowest BCUT2D eigenvalue weighted by Crippen LogP contribution is -2.27. The van der Waals surface area contributed by atoms with E-state index < -0.39 is 0 Å². The van der Waals surface area contributed by atoms with Gasteiger partial charge in [0.05, 0.1) is 14.2 Å². The van der Waals surface area contributed by atoms with Gasteiger partial charge in [-0.25, -0.2) is 0 Å². The Morgan fingerprint density at radius 2 is 2.05 bits per heavy atom. The molecule has 3 nitrogen and oxygen atoms in total. The monoisotopic (exact) mass is 263 g/mol. The van der Waals surface area contributed by atoms with Crippen molar-refractivity contribution in [2.75, 3.05) is 20.8 Å². The van der Waals surface area contributed by atoms with Gasteiger partial charge in [0.25, 0.3) is 0 Å². The predicted molar refractivity (Wildman–Crippen MR) is 81.0 cm³/mol. The summed E-state index contributed by atoms with van der Waals surface area (Å²) < 4.78 is 10.6. The van der Waals surface area contributed by atoms with Crippen LogP contribution in [0.4, 0.5) is 0 Å². The summed E-state index contributed by atoms with van der Waals surface area (Å²) in [6.07, 6.45) is 3.29. The molecule has 0 saturated carbocycles. The highest BCUT2D eigenvalue weighted by Gasteiger charge is 2.06. The van der Waals surface area contributed by atoms with Crippen molar-refractivity contribution >= 4 is 6.08 Å². The third-order valence-electron chi connectivity index (χ3n) is 3.20. The first-order chi connectivity index (χ1) is 9.12. The molecule has 1 rings (SSSR count). The highest BCUT2D eigenvalue weighted by molar-refractivity contribution is 5.62. The number of nitrogens with one attached hydrogen (secondary N) is 1. The Bertz CT molecular complexity index is 427. The molecule has 0 radical (unpaired) electrons. The zero-order valence-corrected chi connectivity index (χ0v) is 12.6. The molecule has 0 heterocycles. The second-order valence-corrected chi connectivity index (χ2v) is 4.67. The second-order valence-electron chi connectivity index (χ2n) is 4.67. The van der Waals surface area contributed by atoms with Crippen molar-refractivity contribution in [3.63, 3.8) is 0 Å². The maximum absolute atomic E-state index is 5.39. The lowest BCUT2D eigenvalue weighted by atomic mass is 10.1. The number of hydrogen-bond acceptors (Lipinski definition) is 3. The maximum atomic E-state index is 5.39. The second kappa shape index (κ2) is 7.85. The van der Waals surface area contributed by atoms with Crippen LogP contribution in [0.1, 0.15) is 32.8 Å². The molecule has 0 saturated heterocycles. The Kier molecular flexibility index (Phi) is 6.43. The van der Waals surface area contributed by atoms with Crippen molar-refractivity contribution in [2.45, 2.75) is 33.2 Å². The molecule has 3 heteroatoms. The summed E-state index contributed by atoms with van der Waals surface area (Å²) in [5.41, 5.74) is 2.32. The van der Waals surface area contributed by atoms with E-state index in [4.69, 9.17) is 9.47 Å². The third kappa shape index (κ3) is 4.60. The Morgan fingerprint density at radius 3 is 2.63 bits per heavy atom. The van der Waals surface area contributed by atoms with Crippen molar-refractivity contribution in [1.82, 2.24) is 5.32 Å². The minimum Gasteiger partial charge on any atom is -0.497 e. The molecule has 1 aromatic rings. The van der Waals surface area contributed by atoms with Crippen LogP contribution in [-0.4, -0.2) is 26.8 Å². The molecule has 1 unspecified atom stereocenters. The first kappa shape index (κ1) is 15.6. The van der Waals surface area contributed by atoms with E-state index in [9.17, 15) is 0 Å². The average molecular weight is 263 g/mol. The van der Waals surface area contributed by atoms with Gasteiger partial charge in [-0.1, -0.05) is 18.6 Å². The molecule has 0 fully saturated rings. The third-order valence-corrected chi connectivity index (χ3v) is 3.20. The van der Waals surface area contributed by atoms with Crippen LogP contribution in [0.25, 0.3) is 6.08 Å². The van der Waals surface area contributed by atoms with Gasteiger partial charge in [-0.2, -0.15) is 0 Å². The fourth-order valence-corrected chi connectivity index (χ4v) is 1.84. The van der Waals surface area contributed by atoms with Crippen LogP contribution in [-0.2, 0) is 0 Å². The van der Waals surface area contributed by atoms with Gasteiger partial charge in [0.1, 0.15) is 11.5 Å². The van der Waals surface area contributed by atoms with Crippen LogP contribution < -0.4 is 14.8 Å². The van der Waals surface area contributed by atoms with Crippen LogP contribution in [0.5, 0.6) is 11.5 Å². The topological polar surface area (TPSA) is 30.5 Å². The molecule has 106 valence electrons. The fraction of sp³-hybridized carbons (Fsp3) is 0.500. The van der Waals surface area contributed by atoms with Crippen LogP contribution >= 0.6 is 0 Å². The Hall–Kier alpha value is -1.48. The van der Waals surface area contributed by atoms with Crippen molar-refractivity contribution in [1.29, 1.82) is 0 Å². The van der Waals surface area contributed by atoms with Gasteiger partial charge < -0.3 is 14.8 Å². The van der Waals surface area contributed by atoms with Gasteiger partial charge in [0.2, 0.25) is 0 Å². The Morgan fingerprint density at radius 1 is 1.32 bits per heavy atom. The van der Waals surface area contributed by atoms with Crippen molar-refractivity contribution in [3.05, 3.63) is 29.3 Å². The van der Waals surface area contributed by atoms with Crippen LogP contribution in [0, 0.1) is 0 Å². The molecule has 0 spiro atoms. The first-order valence-electron chi connectivity index (χ1n) is 6.76. The van der Waals surface area contributed by atoms with Crippen LogP contribution in [0.2, 0.25) is 0 Å². The molecular formula is C16H25NO2. The molecule has 1 atom stereocenters. The molecule has 0 bridgehead atoms. The zero-order valence-electron chi connectivity index (χ0n) is 12.6. The van der Waals surface area contributed by atoms with Crippen LogP contribution in [0.15, 0.2) is 23.8 Å². The summed E-state index contributed by atoms with van der Waals surface area (Å²) in [5.74, 6) is 1.71. The minimum absolute atomic E-state index is 0.357. The predicted octanol–water partition coefficient (Wildman–Crippen LogP) is 3.50. The van der Waals surface area contributed by atoms with E-state index in [1.807, 2.05) is 18.2 Å². The number of ether oxygens (including phenoxy) is 2. The molecule has 0 aliphatic rings. The molecule has 1 aromatic carbocycles. The number of rotatable bonds is 7. The quantitative estimate of drug-likeness (QED) is 0.816. The van der Waals surface area contributed by atoms with Crippen LogP contribution in [0.3, 0.4) is 0 Å². The molecule has 0 aliphatic carbocycles. The standard InChI is InChI=1S/C16H25NO2/c1-6-9-17-13(3)12(2)10-14-11-15(18-4)7-8-16(14)19-5/h7-8,10-11,13,17H,6,9H2,1-5H3/b12-10+. The lowest BCUT2D eigenvalue weighted by molar-refractivity contribution is 0.402. The van der Waals surface area contributed by atoms with E-state index in [2.05, 4.69) is 32.2 Å². The van der Waals surface area contributed by atoms with Gasteiger partial charge in [-0.05, 0) is 45.0 Å². The molecule has 0 aromatic heterocycles. The number of methoxy groups -OCH3 is 2. The Labute approximate surface area is 116 Å². The van der Waals surface area contributed by atoms with Gasteiger partial charge in [-0.15, -0.1) is 0 Å². The smallest absolute Gasteiger partial charge is 0.126 e. The average Bonchev–Trinajstić information content (AvgIpc) is 2.44. The minimum atomic E-state index is 0.357. The summed E-state index contributed by atoms with van der Waals surface area (Å²) >= 11 is 0. The van der Waals surface area contributed by atoms with Crippen molar-refractivity contribution in [2.24, 2.45) is 0 Å². The molecular weight excluding hydrogens is 238 g/mol. The normalized spacial score (nSPS) is 13.2. The maximum Gasteiger partial charge on any atom is 0.126 e. The Balaban J connectivity index is 2.94. The summed E-state index contributed by atoms with van der Waals surface area (Å²) in [4.78, 5) is 0. The van der Waals surface area contributed by atoms with E-state index in [-0.39, 0.29) is 0 Å². The summed E-state index contributed by atoms with van der Waals surface area (Å²) in [5, 5.41) is 3.48. The summed E-state index contributed by atoms with van der Waals surface area (Å²) in [7, 11) is 3.36. The number of hydrogen-bond donors (Lipinski definition) is 1. The molecule has 0 amide bonds. The molecule has 19 heavy (non-hydrogen) atoms. The van der Waals surface area contributed by atoms with Gasteiger partial charge >= 0.3 is 0 Å². The first-order valence-corrected chi connectivity index (χ1v) is 6.76. The highest BCUT2D eigenvalue weighted by atomic mass is 16.5. The van der Waals surface area contributed by atoms with Crippen molar-refractivity contribution < 1.29 is 9.47 Å². The van der Waals surface area contributed by atoms with Crippen molar-refractivity contribution in [3.8, 4) is 11.5 Å². The number of benzene rings is 1. The molecule has 0 aliphatic heterocycles. The van der Waals surface area contributed by atoms with E-state index in [1.54, 1.807) is 14.2 Å². The summed E-state index contributed by atoms with van der Waals surface area (Å²) in [6, 6.07) is 6.19. The molecule has 1 N–H and O–H groups in total. The van der Waals surface area contributed by atoms with E-state index >= 15 is 0 Å². The van der Waals surface area contributed by atoms with E-state index in [0.29, 0.717) is 6.04 Å². The van der Waals surface area contributed by atoms with Gasteiger partial charge in [0.15, 0.2) is 0 Å². The zero-order chi connectivity index (χ0) is 14.3. The van der Waals surface area contributed by atoms with Gasteiger partial charge in [0, 0.05) is 11.6 Å². The SMILES string of the molecule is CCCNC(C)/C(C)=C/c1cc(OC)ccc1OC. The fourth-order valence-electron chi connectivity index (χ4n) is 1.84. The van der Waals surface area contributed by atoms with Gasteiger partial charge in [-0.3, -0.25) is 0 Å².